The average Bonchev–Trinajstić information content (AvgIpc) is 3.37. The van der Waals surface area contributed by atoms with E-state index in [1.54, 1.807) is 0 Å². The Morgan fingerprint density at radius 1 is 0.625 bits per heavy atom. The number of furan rings is 2. The fourth-order valence-electron chi connectivity index (χ4n) is 4.99. The second kappa shape index (κ2) is 7.27. The van der Waals surface area contributed by atoms with Crippen molar-refractivity contribution in [1.29, 1.82) is 0 Å². The molecule has 0 aliphatic carbocycles. The van der Waals surface area contributed by atoms with Crippen LogP contribution in [0.2, 0.25) is 0 Å². The Bertz CT molecular complexity index is 1600. The van der Waals surface area contributed by atoms with Crippen LogP contribution in [0.3, 0.4) is 0 Å². The Morgan fingerprint density at radius 3 is 2.16 bits per heavy atom. The molecule has 2 heterocycles. The van der Waals surface area contributed by atoms with Crippen LogP contribution in [-0.4, -0.2) is 0 Å². The van der Waals surface area contributed by atoms with Crippen LogP contribution in [0.25, 0.3) is 43.9 Å². The molecule has 0 aliphatic heterocycles. The number of benzene rings is 4. The van der Waals surface area contributed by atoms with E-state index in [1.807, 2.05) is 12.1 Å². The Morgan fingerprint density at radius 2 is 1.31 bits per heavy atom. The molecular weight excluding hydrogens is 392 g/mol. The van der Waals surface area contributed by atoms with Crippen LogP contribution >= 0.6 is 0 Å². The summed E-state index contributed by atoms with van der Waals surface area (Å²) in [5.41, 5.74) is 7.74. The van der Waals surface area contributed by atoms with Gasteiger partial charge in [-0.05, 0) is 53.1 Å². The van der Waals surface area contributed by atoms with Crippen molar-refractivity contribution >= 4 is 43.9 Å². The summed E-state index contributed by atoms with van der Waals surface area (Å²) in [5.74, 6) is 0.793. The molecule has 0 amide bonds. The zero-order valence-corrected chi connectivity index (χ0v) is 18.7. The lowest BCUT2D eigenvalue weighted by Gasteiger charge is -2.13. The molecule has 6 aromatic rings. The van der Waals surface area contributed by atoms with Crippen molar-refractivity contribution < 1.29 is 8.83 Å². The molecule has 158 valence electrons. The summed E-state index contributed by atoms with van der Waals surface area (Å²) in [6.07, 6.45) is 0.893. The Hall–Kier alpha value is -3.52. The fraction of sp³-hybridized carbons (Fsp3) is 0.200. The Kier molecular flexibility index (Phi) is 4.36. The van der Waals surface area contributed by atoms with E-state index in [-0.39, 0.29) is 0 Å². The van der Waals surface area contributed by atoms with Crippen LogP contribution in [-0.2, 0) is 6.42 Å². The van der Waals surface area contributed by atoms with E-state index >= 15 is 0 Å². The van der Waals surface area contributed by atoms with Crippen molar-refractivity contribution in [1.82, 2.24) is 0 Å². The number of rotatable bonds is 4. The van der Waals surface area contributed by atoms with Crippen molar-refractivity contribution in [2.24, 2.45) is 0 Å². The quantitative estimate of drug-likeness (QED) is 0.285. The lowest BCUT2D eigenvalue weighted by atomic mass is 9.91. The van der Waals surface area contributed by atoms with E-state index in [0.29, 0.717) is 11.8 Å². The standard InChI is InChI=1S/C30H26O2/c1-18(2)20-14-15-28-26(17-20)25-11-6-8-21(29(25)31-28)16-19(3)22-10-7-12-24-23-9-4-5-13-27(23)32-30(22)24/h4-15,17-19H,16H2,1-3H3. The Labute approximate surface area is 187 Å². The minimum absolute atomic E-state index is 0.296. The van der Waals surface area contributed by atoms with Gasteiger partial charge in [-0.3, -0.25) is 0 Å². The zero-order valence-electron chi connectivity index (χ0n) is 18.7. The first kappa shape index (κ1) is 19.2. The molecule has 2 nitrogen and oxygen atoms in total. The van der Waals surface area contributed by atoms with Gasteiger partial charge in [0.25, 0.3) is 0 Å². The first-order chi connectivity index (χ1) is 15.6. The molecule has 6 rings (SSSR count). The van der Waals surface area contributed by atoms with Crippen LogP contribution < -0.4 is 0 Å². The number of hydrogen-bond donors (Lipinski definition) is 0. The minimum Gasteiger partial charge on any atom is -0.456 e. The van der Waals surface area contributed by atoms with Gasteiger partial charge in [-0.2, -0.15) is 0 Å². The van der Waals surface area contributed by atoms with Crippen LogP contribution in [0.15, 0.2) is 87.7 Å². The van der Waals surface area contributed by atoms with Gasteiger partial charge < -0.3 is 8.83 Å². The highest BCUT2D eigenvalue weighted by Gasteiger charge is 2.18. The van der Waals surface area contributed by atoms with E-state index in [4.69, 9.17) is 8.83 Å². The fourth-order valence-corrected chi connectivity index (χ4v) is 4.99. The molecule has 2 aromatic heterocycles. The van der Waals surface area contributed by atoms with Crippen molar-refractivity contribution in [2.75, 3.05) is 0 Å². The van der Waals surface area contributed by atoms with Gasteiger partial charge in [-0.15, -0.1) is 0 Å². The van der Waals surface area contributed by atoms with E-state index in [2.05, 4.69) is 87.5 Å². The lowest BCUT2D eigenvalue weighted by Crippen LogP contribution is -1.99. The SMILES string of the molecule is CC(C)c1ccc2oc3c(CC(C)c4cccc5c4oc4ccccc45)cccc3c2c1. The van der Waals surface area contributed by atoms with Crippen molar-refractivity contribution in [3.8, 4) is 0 Å². The highest BCUT2D eigenvalue weighted by atomic mass is 16.3. The molecule has 0 radical (unpaired) electrons. The van der Waals surface area contributed by atoms with Crippen LogP contribution in [0, 0.1) is 0 Å². The summed E-state index contributed by atoms with van der Waals surface area (Å²) in [5, 5.41) is 4.78. The lowest BCUT2D eigenvalue weighted by molar-refractivity contribution is 0.640. The number of fused-ring (bicyclic) bond motifs is 6. The van der Waals surface area contributed by atoms with E-state index in [1.165, 1.54) is 38.2 Å². The summed E-state index contributed by atoms with van der Waals surface area (Å²) in [7, 11) is 0. The van der Waals surface area contributed by atoms with Gasteiger partial charge in [0.2, 0.25) is 0 Å². The predicted octanol–water partition coefficient (Wildman–Crippen LogP) is 8.96. The summed E-state index contributed by atoms with van der Waals surface area (Å²) in [6, 6.07) is 27.9. The molecule has 0 N–H and O–H groups in total. The molecule has 0 saturated carbocycles. The molecule has 32 heavy (non-hydrogen) atoms. The van der Waals surface area contributed by atoms with Gasteiger partial charge in [-0.25, -0.2) is 0 Å². The normalized spacial score (nSPS) is 13.1. The average molecular weight is 419 g/mol. The topological polar surface area (TPSA) is 26.3 Å². The molecule has 4 aromatic carbocycles. The van der Waals surface area contributed by atoms with E-state index in [0.717, 1.165) is 28.8 Å². The molecule has 0 fully saturated rings. The summed E-state index contributed by atoms with van der Waals surface area (Å²) >= 11 is 0. The molecule has 1 atom stereocenters. The number of hydrogen-bond acceptors (Lipinski definition) is 2. The van der Waals surface area contributed by atoms with Crippen molar-refractivity contribution in [3.05, 3.63) is 95.6 Å². The summed E-state index contributed by atoms with van der Waals surface area (Å²) in [6.45, 7) is 6.74. The van der Waals surface area contributed by atoms with E-state index in [9.17, 15) is 0 Å². The first-order valence-electron chi connectivity index (χ1n) is 11.4. The molecule has 0 saturated heterocycles. The molecule has 1 unspecified atom stereocenters. The van der Waals surface area contributed by atoms with Crippen molar-refractivity contribution in [2.45, 2.75) is 39.0 Å². The second-order valence-electron chi connectivity index (χ2n) is 9.23. The molecule has 2 heteroatoms. The van der Waals surface area contributed by atoms with Gasteiger partial charge in [0.05, 0.1) is 0 Å². The highest BCUT2D eigenvalue weighted by molar-refractivity contribution is 6.07. The van der Waals surface area contributed by atoms with E-state index < -0.39 is 0 Å². The largest absolute Gasteiger partial charge is 0.456 e. The maximum absolute atomic E-state index is 6.37. The van der Waals surface area contributed by atoms with Crippen LogP contribution in [0.4, 0.5) is 0 Å². The third kappa shape index (κ3) is 2.94. The highest BCUT2D eigenvalue weighted by Crippen LogP contribution is 2.37. The molecular formula is C30H26O2. The van der Waals surface area contributed by atoms with Gasteiger partial charge in [-0.1, -0.05) is 81.4 Å². The third-order valence-corrected chi connectivity index (χ3v) is 6.76. The first-order valence-corrected chi connectivity index (χ1v) is 11.4. The van der Waals surface area contributed by atoms with Gasteiger partial charge in [0.15, 0.2) is 0 Å². The smallest absolute Gasteiger partial charge is 0.138 e. The predicted molar refractivity (Wildman–Crippen MR) is 134 cm³/mol. The maximum Gasteiger partial charge on any atom is 0.138 e. The van der Waals surface area contributed by atoms with Crippen LogP contribution in [0.5, 0.6) is 0 Å². The summed E-state index contributed by atoms with van der Waals surface area (Å²) in [4.78, 5) is 0. The van der Waals surface area contributed by atoms with Gasteiger partial charge in [0, 0.05) is 21.5 Å². The molecule has 0 spiro atoms. The van der Waals surface area contributed by atoms with Gasteiger partial charge in [0.1, 0.15) is 22.3 Å². The third-order valence-electron chi connectivity index (χ3n) is 6.76. The maximum atomic E-state index is 6.37. The monoisotopic (exact) mass is 418 g/mol. The van der Waals surface area contributed by atoms with Crippen molar-refractivity contribution in [3.63, 3.8) is 0 Å². The molecule has 0 aliphatic rings. The summed E-state index contributed by atoms with van der Waals surface area (Å²) < 4.78 is 12.7. The zero-order chi connectivity index (χ0) is 21.8. The molecule has 0 bridgehead atoms. The minimum atomic E-state index is 0.296. The van der Waals surface area contributed by atoms with Gasteiger partial charge >= 0.3 is 0 Å². The second-order valence-corrected chi connectivity index (χ2v) is 9.23. The number of para-hydroxylation sites is 3. The van der Waals surface area contributed by atoms with Crippen LogP contribution in [0.1, 0.15) is 49.3 Å². The Balaban J connectivity index is 1.44.